The second kappa shape index (κ2) is 8.16. The Morgan fingerprint density at radius 2 is 1.90 bits per heavy atom. The largest absolute Gasteiger partial charge is 0.423 e. The third-order valence-electron chi connectivity index (χ3n) is 4.29. The summed E-state index contributed by atoms with van der Waals surface area (Å²) in [6.45, 7) is 1.94. The van der Waals surface area contributed by atoms with Crippen LogP contribution >= 0.6 is 11.6 Å². The number of benzene rings is 2. The molecule has 6 nitrogen and oxygen atoms in total. The van der Waals surface area contributed by atoms with Gasteiger partial charge in [-0.25, -0.2) is 4.98 Å². The number of rotatable bonds is 5. The number of carbonyl (C=O) groups excluding carboxylic acids is 1. The lowest BCUT2D eigenvalue weighted by molar-refractivity contribution is 0.102. The summed E-state index contributed by atoms with van der Waals surface area (Å²) in [6.07, 6.45) is 5.02. The lowest BCUT2D eigenvalue weighted by Gasteiger charge is -2.10. The van der Waals surface area contributed by atoms with Crippen LogP contribution in [0.1, 0.15) is 15.9 Å². The van der Waals surface area contributed by atoms with Crippen molar-refractivity contribution in [2.75, 3.05) is 10.6 Å². The van der Waals surface area contributed by atoms with Crippen molar-refractivity contribution in [3.63, 3.8) is 0 Å². The first kappa shape index (κ1) is 18.7. The summed E-state index contributed by atoms with van der Waals surface area (Å²) in [6, 6.07) is 16.4. The maximum atomic E-state index is 12.6. The van der Waals surface area contributed by atoms with E-state index in [1.807, 2.05) is 25.1 Å². The van der Waals surface area contributed by atoms with E-state index in [1.54, 1.807) is 55.0 Å². The Bertz CT molecular complexity index is 1160. The van der Waals surface area contributed by atoms with Crippen molar-refractivity contribution in [1.82, 2.24) is 9.97 Å². The average molecular weight is 405 g/mol. The zero-order valence-corrected chi connectivity index (χ0v) is 16.3. The predicted octanol–water partition coefficient (Wildman–Crippen LogP) is 5.69. The average Bonchev–Trinajstić information content (AvgIpc) is 3.19. The van der Waals surface area contributed by atoms with E-state index in [2.05, 4.69) is 20.6 Å². The van der Waals surface area contributed by atoms with Crippen molar-refractivity contribution in [2.24, 2.45) is 0 Å². The molecule has 0 atom stereocenters. The normalized spacial score (nSPS) is 10.6. The number of oxazole rings is 1. The monoisotopic (exact) mass is 404 g/mol. The Balaban J connectivity index is 1.53. The van der Waals surface area contributed by atoms with E-state index in [0.29, 0.717) is 28.0 Å². The van der Waals surface area contributed by atoms with Gasteiger partial charge in [0.2, 0.25) is 0 Å². The highest BCUT2D eigenvalue weighted by atomic mass is 35.5. The molecule has 0 saturated carbocycles. The van der Waals surface area contributed by atoms with Gasteiger partial charge in [-0.1, -0.05) is 23.7 Å². The van der Waals surface area contributed by atoms with Gasteiger partial charge < -0.3 is 15.1 Å². The fourth-order valence-corrected chi connectivity index (χ4v) is 2.95. The summed E-state index contributed by atoms with van der Waals surface area (Å²) >= 11 is 5.97. The van der Waals surface area contributed by atoms with Crippen LogP contribution in [0.15, 0.2) is 77.6 Å². The first-order valence-electron chi connectivity index (χ1n) is 8.89. The molecular formula is C22H17ClN4O2. The Labute approximate surface area is 172 Å². The molecule has 0 saturated heterocycles. The van der Waals surface area contributed by atoms with Crippen molar-refractivity contribution >= 4 is 34.9 Å². The topological polar surface area (TPSA) is 80.0 Å². The van der Waals surface area contributed by atoms with Gasteiger partial charge >= 0.3 is 0 Å². The molecule has 0 spiro atoms. The van der Waals surface area contributed by atoms with E-state index in [1.165, 1.54) is 0 Å². The summed E-state index contributed by atoms with van der Waals surface area (Å²) in [7, 11) is 0. The minimum atomic E-state index is -0.236. The van der Waals surface area contributed by atoms with Gasteiger partial charge in [0.25, 0.3) is 11.9 Å². The molecule has 0 aliphatic rings. The molecule has 7 heteroatoms. The Kier molecular flexibility index (Phi) is 5.27. The Hall–Kier alpha value is -3.64. The van der Waals surface area contributed by atoms with E-state index in [9.17, 15) is 4.79 Å². The Morgan fingerprint density at radius 1 is 1.07 bits per heavy atom. The third kappa shape index (κ3) is 4.44. The molecule has 0 radical (unpaired) electrons. The second-order valence-electron chi connectivity index (χ2n) is 6.38. The van der Waals surface area contributed by atoms with Gasteiger partial charge in [-0.3, -0.25) is 9.78 Å². The quantitative estimate of drug-likeness (QED) is 0.446. The molecule has 4 aromatic rings. The number of aromatic nitrogens is 2. The molecule has 1 amide bonds. The molecule has 0 aliphatic heterocycles. The number of halogens is 1. The van der Waals surface area contributed by atoms with Gasteiger partial charge in [-0.2, -0.15) is 0 Å². The molecule has 2 N–H and O–H groups in total. The van der Waals surface area contributed by atoms with Crippen LogP contribution in [0.2, 0.25) is 5.02 Å². The maximum absolute atomic E-state index is 12.6. The van der Waals surface area contributed by atoms with E-state index >= 15 is 0 Å². The summed E-state index contributed by atoms with van der Waals surface area (Å²) in [4.78, 5) is 20.9. The number of nitrogens with zero attached hydrogens (tertiary/aromatic N) is 2. The minimum absolute atomic E-state index is 0.236. The van der Waals surface area contributed by atoms with Crippen LogP contribution in [0.4, 0.5) is 17.4 Å². The number of nitrogens with one attached hydrogen (secondary N) is 2. The van der Waals surface area contributed by atoms with Crippen LogP contribution in [0.5, 0.6) is 0 Å². The summed E-state index contributed by atoms with van der Waals surface area (Å²) in [5, 5.41) is 6.53. The fraction of sp³-hybridized carbons (Fsp3) is 0.0455. The van der Waals surface area contributed by atoms with E-state index in [-0.39, 0.29) is 5.91 Å². The van der Waals surface area contributed by atoms with Crippen molar-refractivity contribution in [1.29, 1.82) is 0 Å². The molecular weight excluding hydrogens is 388 g/mol. The maximum Gasteiger partial charge on any atom is 0.299 e. The summed E-state index contributed by atoms with van der Waals surface area (Å²) in [5.41, 5.74) is 3.69. The van der Waals surface area contributed by atoms with Gasteiger partial charge in [0, 0.05) is 39.9 Å². The smallest absolute Gasteiger partial charge is 0.299 e. The molecule has 2 aromatic carbocycles. The first-order valence-corrected chi connectivity index (χ1v) is 9.27. The lowest BCUT2D eigenvalue weighted by Crippen LogP contribution is -2.12. The molecule has 0 aliphatic carbocycles. The van der Waals surface area contributed by atoms with Crippen LogP contribution in [0.25, 0.3) is 11.3 Å². The van der Waals surface area contributed by atoms with Gasteiger partial charge in [0.05, 0.1) is 6.20 Å². The third-order valence-corrected chi connectivity index (χ3v) is 4.53. The molecule has 144 valence electrons. The standard InChI is InChI=1S/C22H17ClN4O2/c1-14-5-6-16(21(28)26-18-4-2-3-17(23)12-18)11-19(14)27-22-25-13-20(29-22)15-7-9-24-10-8-15/h2-13H,1H3,(H,25,27)(H,26,28). The van der Waals surface area contributed by atoms with Crippen molar-refractivity contribution in [2.45, 2.75) is 6.92 Å². The highest BCUT2D eigenvalue weighted by Crippen LogP contribution is 2.26. The highest BCUT2D eigenvalue weighted by molar-refractivity contribution is 6.31. The molecule has 0 bridgehead atoms. The summed E-state index contributed by atoms with van der Waals surface area (Å²) < 4.78 is 5.77. The van der Waals surface area contributed by atoms with Crippen LogP contribution in [-0.4, -0.2) is 15.9 Å². The van der Waals surface area contributed by atoms with Gasteiger partial charge in [-0.05, 0) is 55.0 Å². The zero-order valence-electron chi connectivity index (χ0n) is 15.5. The van der Waals surface area contributed by atoms with Crippen molar-refractivity contribution in [3.8, 4) is 11.3 Å². The SMILES string of the molecule is Cc1ccc(C(=O)Nc2cccc(Cl)c2)cc1Nc1ncc(-c2ccncc2)o1. The number of hydrogen-bond acceptors (Lipinski definition) is 5. The van der Waals surface area contributed by atoms with Crippen molar-refractivity contribution < 1.29 is 9.21 Å². The fourth-order valence-electron chi connectivity index (χ4n) is 2.76. The second-order valence-corrected chi connectivity index (χ2v) is 6.82. The zero-order chi connectivity index (χ0) is 20.2. The van der Waals surface area contributed by atoms with E-state index < -0.39 is 0 Å². The first-order chi connectivity index (χ1) is 14.1. The van der Waals surface area contributed by atoms with Crippen LogP contribution < -0.4 is 10.6 Å². The number of carbonyl (C=O) groups is 1. The number of hydrogen-bond donors (Lipinski definition) is 2. The van der Waals surface area contributed by atoms with Gasteiger partial charge in [-0.15, -0.1) is 0 Å². The molecule has 4 rings (SSSR count). The highest BCUT2D eigenvalue weighted by Gasteiger charge is 2.12. The molecule has 2 heterocycles. The van der Waals surface area contributed by atoms with Gasteiger partial charge in [0.1, 0.15) is 0 Å². The molecule has 2 aromatic heterocycles. The number of amides is 1. The molecule has 29 heavy (non-hydrogen) atoms. The van der Waals surface area contributed by atoms with Gasteiger partial charge in [0.15, 0.2) is 5.76 Å². The van der Waals surface area contributed by atoms with Crippen molar-refractivity contribution in [3.05, 3.63) is 89.3 Å². The molecule has 0 fully saturated rings. The molecule has 0 unspecified atom stereocenters. The predicted molar refractivity (Wildman–Crippen MR) is 114 cm³/mol. The minimum Gasteiger partial charge on any atom is -0.423 e. The van der Waals surface area contributed by atoms with E-state index in [0.717, 1.165) is 16.8 Å². The summed E-state index contributed by atoms with van der Waals surface area (Å²) in [5.74, 6) is 0.391. The van der Waals surface area contributed by atoms with Crippen LogP contribution in [0.3, 0.4) is 0 Å². The van der Waals surface area contributed by atoms with Crippen LogP contribution in [-0.2, 0) is 0 Å². The lowest BCUT2D eigenvalue weighted by atomic mass is 10.1. The number of anilines is 3. The number of pyridine rings is 1. The Morgan fingerprint density at radius 3 is 2.69 bits per heavy atom. The number of aryl methyl sites for hydroxylation is 1. The van der Waals surface area contributed by atoms with E-state index in [4.69, 9.17) is 16.0 Å². The van der Waals surface area contributed by atoms with Crippen LogP contribution in [0, 0.1) is 6.92 Å².